The first kappa shape index (κ1) is 18.5. The summed E-state index contributed by atoms with van der Waals surface area (Å²) in [4.78, 5) is 8.93. The fraction of sp³-hybridized carbons (Fsp3) is 0.222. The molecule has 3 aromatic rings. The van der Waals surface area contributed by atoms with E-state index in [4.69, 9.17) is 14.0 Å². The molecule has 0 unspecified atom stereocenters. The molecule has 2 heterocycles. The lowest BCUT2D eigenvalue weighted by Crippen LogP contribution is -2.03. The normalized spacial score (nSPS) is 10.3. The van der Waals surface area contributed by atoms with Gasteiger partial charge >= 0.3 is 0 Å². The molecule has 2 aromatic heterocycles. The van der Waals surface area contributed by atoms with Crippen molar-refractivity contribution in [3.8, 4) is 28.8 Å². The van der Waals surface area contributed by atoms with Crippen LogP contribution in [0.1, 0.15) is 11.3 Å². The first-order valence-corrected chi connectivity index (χ1v) is 9.11. The molecule has 27 heavy (non-hydrogen) atoms. The zero-order valence-corrected chi connectivity index (χ0v) is 16.0. The fourth-order valence-electron chi connectivity index (χ4n) is 2.47. The first-order valence-electron chi connectivity index (χ1n) is 7.88. The molecular weight excluding hydrogens is 366 g/mol. The van der Waals surface area contributed by atoms with E-state index >= 15 is 0 Å². The van der Waals surface area contributed by atoms with Crippen LogP contribution in [0.4, 0.5) is 11.6 Å². The lowest BCUT2D eigenvalue weighted by Gasteiger charge is -2.13. The standard InChI is InChI=1S/C18H17N5O3S/c1-10-7-15(23-26-10)20-17-12(9-19)16(21-18(22-17)27-4)11-5-6-13(24-2)14(8-11)25-3/h5-8H,1-4H3,(H,20,21,22,23). The van der Waals surface area contributed by atoms with Gasteiger partial charge in [-0.2, -0.15) is 5.26 Å². The number of benzene rings is 1. The van der Waals surface area contributed by atoms with Gasteiger partial charge in [-0.25, -0.2) is 9.97 Å². The second-order valence-corrected chi connectivity index (χ2v) is 6.19. The van der Waals surface area contributed by atoms with Crippen LogP contribution in [0.5, 0.6) is 11.5 Å². The van der Waals surface area contributed by atoms with Crippen molar-refractivity contribution >= 4 is 23.4 Å². The van der Waals surface area contributed by atoms with Crippen molar-refractivity contribution in [1.29, 1.82) is 5.26 Å². The van der Waals surface area contributed by atoms with Crippen LogP contribution < -0.4 is 14.8 Å². The second-order valence-electron chi connectivity index (χ2n) is 5.41. The number of aryl methyl sites for hydroxylation is 1. The zero-order chi connectivity index (χ0) is 19.4. The maximum absolute atomic E-state index is 9.76. The van der Waals surface area contributed by atoms with Crippen LogP contribution in [0.25, 0.3) is 11.3 Å². The summed E-state index contributed by atoms with van der Waals surface area (Å²) < 4.78 is 15.7. The molecule has 0 saturated heterocycles. The Morgan fingerprint density at radius 1 is 1.15 bits per heavy atom. The highest BCUT2D eigenvalue weighted by Gasteiger charge is 2.18. The quantitative estimate of drug-likeness (QED) is 0.502. The van der Waals surface area contributed by atoms with Crippen LogP contribution >= 0.6 is 11.8 Å². The number of aromatic nitrogens is 3. The number of nitriles is 1. The highest BCUT2D eigenvalue weighted by molar-refractivity contribution is 7.98. The number of hydrogen-bond donors (Lipinski definition) is 1. The molecule has 9 heteroatoms. The van der Waals surface area contributed by atoms with Gasteiger partial charge in [0.15, 0.2) is 28.3 Å². The summed E-state index contributed by atoms with van der Waals surface area (Å²) in [6.45, 7) is 1.78. The second kappa shape index (κ2) is 7.97. The van der Waals surface area contributed by atoms with E-state index in [2.05, 4.69) is 26.5 Å². The summed E-state index contributed by atoms with van der Waals surface area (Å²) in [5, 5.41) is 17.2. The average Bonchev–Trinajstić information content (AvgIpc) is 3.11. The van der Waals surface area contributed by atoms with Gasteiger partial charge in [0, 0.05) is 11.6 Å². The van der Waals surface area contributed by atoms with Crippen LogP contribution in [0, 0.1) is 18.3 Å². The fourth-order valence-corrected chi connectivity index (χ4v) is 2.83. The summed E-state index contributed by atoms with van der Waals surface area (Å²) in [7, 11) is 3.12. The van der Waals surface area contributed by atoms with Crippen molar-refractivity contribution in [2.24, 2.45) is 0 Å². The van der Waals surface area contributed by atoms with Crippen molar-refractivity contribution in [3.05, 3.63) is 35.6 Å². The van der Waals surface area contributed by atoms with Crippen LogP contribution in [0.3, 0.4) is 0 Å². The minimum Gasteiger partial charge on any atom is -0.493 e. The number of hydrogen-bond acceptors (Lipinski definition) is 9. The summed E-state index contributed by atoms with van der Waals surface area (Å²) in [5.41, 5.74) is 1.49. The average molecular weight is 383 g/mol. The topological polar surface area (TPSA) is 106 Å². The lowest BCUT2D eigenvalue weighted by atomic mass is 10.1. The minimum atomic E-state index is 0.292. The van der Waals surface area contributed by atoms with Crippen LogP contribution in [-0.2, 0) is 0 Å². The predicted molar refractivity (Wildman–Crippen MR) is 102 cm³/mol. The Bertz CT molecular complexity index is 1010. The van der Waals surface area contributed by atoms with E-state index in [1.807, 2.05) is 12.3 Å². The van der Waals surface area contributed by atoms with Crippen molar-refractivity contribution in [3.63, 3.8) is 0 Å². The number of methoxy groups -OCH3 is 2. The Labute approximate surface area is 160 Å². The monoisotopic (exact) mass is 383 g/mol. The van der Waals surface area contributed by atoms with E-state index in [1.54, 1.807) is 39.3 Å². The number of ether oxygens (including phenoxy) is 2. The highest BCUT2D eigenvalue weighted by Crippen LogP contribution is 2.35. The molecule has 1 aromatic carbocycles. The molecule has 0 spiro atoms. The lowest BCUT2D eigenvalue weighted by molar-refractivity contribution is 0.355. The molecule has 0 saturated carbocycles. The van der Waals surface area contributed by atoms with Gasteiger partial charge in [-0.3, -0.25) is 0 Å². The van der Waals surface area contributed by atoms with Gasteiger partial charge in [0.2, 0.25) is 0 Å². The van der Waals surface area contributed by atoms with E-state index in [1.165, 1.54) is 11.8 Å². The smallest absolute Gasteiger partial charge is 0.189 e. The molecule has 1 N–H and O–H groups in total. The van der Waals surface area contributed by atoms with E-state index in [-0.39, 0.29) is 0 Å². The molecule has 0 aliphatic rings. The van der Waals surface area contributed by atoms with Gasteiger partial charge in [-0.05, 0) is 31.4 Å². The minimum absolute atomic E-state index is 0.292. The molecule has 138 valence electrons. The van der Waals surface area contributed by atoms with Crippen LogP contribution in [0.2, 0.25) is 0 Å². The van der Waals surface area contributed by atoms with Crippen molar-refractivity contribution < 1.29 is 14.0 Å². The van der Waals surface area contributed by atoms with Gasteiger partial charge in [-0.1, -0.05) is 16.9 Å². The maximum Gasteiger partial charge on any atom is 0.189 e. The van der Waals surface area contributed by atoms with Crippen LogP contribution in [-0.4, -0.2) is 35.6 Å². The number of nitrogens with one attached hydrogen (secondary N) is 1. The number of anilines is 2. The third-order valence-corrected chi connectivity index (χ3v) is 4.26. The molecular formula is C18H17N5O3S. The van der Waals surface area contributed by atoms with Gasteiger partial charge in [0.25, 0.3) is 0 Å². The highest BCUT2D eigenvalue weighted by atomic mass is 32.2. The number of nitrogens with zero attached hydrogens (tertiary/aromatic N) is 4. The summed E-state index contributed by atoms with van der Waals surface area (Å²) in [5.74, 6) is 2.61. The molecule has 3 rings (SSSR count). The van der Waals surface area contributed by atoms with Gasteiger partial charge in [-0.15, -0.1) is 0 Å². The van der Waals surface area contributed by atoms with Gasteiger partial charge < -0.3 is 19.3 Å². The summed E-state index contributed by atoms with van der Waals surface area (Å²) >= 11 is 1.37. The predicted octanol–water partition coefficient (Wildman–Crippen LogP) is 3.79. The largest absolute Gasteiger partial charge is 0.493 e. The summed E-state index contributed by atoms with van der Waals surface area (Å²) in [6, 6.07) is 9.26. The van der Waals surface area contributed by atoms with Gasteiger partial charge in [0.05, 0.1) is 19.9 Å². The molecule has 0 fully saturated rings. The van der Waals surface area contributed by atoms with E-state index in [9.17, 15) is 5.26 Å². The summed E-state index contributed by atoms with van der Waals surface area (Å²) in [6.07, 6.45) is 1.86. The van der Waals surface area contributed by atoms with Crippen molar-refractivity contribution in [2.75, 3.05) is 25.8 Å². The third-order valence-electron chi connectivity index (χ3n) is 3.71. The van der Waals surface area contributed by atoms with E-state index in [0.717, 1.165) is 0 Å². The SMILES string of the molecule is COc1ccc(-c2nc(SC)nc(Nc3cc(C)on3)c2C#N)cc1OC. The Kier molecular flexibility index (Phi) is 5.47. The molecule has 0 bridgehead atoms. The Morgan fingerprint density at radius 3 is 2.52 bits per heavy atom. The Balaban J connectivity index is 2.14. The van der Waals surface area contributed by atoms with Crippen molar-refractivity contribution in [1.82, 2.24) is 15.1 Å². The number of thioether (sulfide) groups is 1. The van der Waals surface area contributed by atoms with E-state index in [0.29, 0.717) is 50.9 Å². The number of rotatable bonds is 6. The Morgan fingerprint density at radius 2 is 1.93 bits per heavy atom. The third kappa shape index (κ3) is 3.80. The molecule has 8 nitrogen and oxygen atoms in total. The van der Waals surface area contributed by atoms with Crippen LogP contribution in [0.15, 0.2) is 33.9 Å². The molecule has 0 atom stereocenters. The van der Waals surface area contributed by atoms with E-state index < -0.39 is 0 Å². The van der Waals surface area contributed by atoms with Crippen molar-refractivity contribution in [2.45, 2.75) is 12.1 Å². The zero-order valence-electron chi connectivity index (χ0n) is 15.2. The molecule has 0 amide bonds. The molecule has 0 aliphatic carbocycles. The first-order chi connectivity index (χ1) is 13.1. The molecule has 0 radical (unpaired) electrons. The Hall–Kier alpha value is -3.25. The maximum atomic E-state index is 9.76. The van der Waals surface area contributed by atoms with Gasteiger partial charge in [0.1, 0.15) is 17.4 Å². The molecule has 0 aliphatic heterocycles.